The standard InChI is InChI=1S/C38H48F2N2/c1-24-9-15-30-28(20-24)14-16-31-33-17-18-34(35(39)22-37(3,4)40)38(33,5)21-32(36(30)31)27-12-10-26(11-13-27)25(2)42-23-29-8-6-7-19-41-29/h8,10-13,19-20,31-35,42H,1-2,6-7,9,14-18,21-23H2,3-5H3/t31-,32+,33?,34+,35?,38-/m0/s1. The van der Waals surface area contributed by atoms with E-state index in [9.17, 15) is 4.39 Å². The summed E-state index contributed by atoms with van der Waals surface area (Å²) >= 11 is 0. The Hall–Kier alpha value is -2.75. The number of aliphatic imine (C=N–C) groups is 1. The highest BCUT2D eigenvalue weighted by atomic mass is 19.2. The lowest BCUT2D eigenvalue weighted by molar-refractivity contribution is 0.00724. The number of alkyl halides is 2. The van der Waals surface area contributed by atoms with E-state index in [0.717, 1.165) is 74.7 Å². The molecule has 2 fully saturated rings. The molecule has 5 aliphatic rings. The molecule has 0 saturated heterocycles. The predicted molar refractivity (Wildman–Crippen MR) is 172 cm³/mol. The van der Waals surface area contributed by atoms with Crippen molar-refractivity contribution in [2.45, 2.75) is 103 Å². The molecule has 0 radical (unpaired) electrons. The summed E-state index contributed by atoms with van der Waals surface area (Å²) in [7, 11) is 0. The summed E-state index contributed by atoms with van der Waals surface area (Å²) < 4.78 is 30.6. The van der Waals surface area contributed by atoms with Crippen LogP contribution in [0.3, 0.4) is 0 Å². The highest BCUT2D eigenvalue weighted by molar-refractivity contribution is 5.64. The van der Waals surface area contributed by atoms with Gasteiger partial charge in [-0.3, -0.25) is 4.99 Å². The maximum atomic E-state index is 15.9. The maximum absolute atomic E-state index is 15.9. The van der Waals surface area contributed by atoms with Gasteiger partial charge in [-0.15, -0.1) is 0 Å². The van der Waals surface area contributed by atoms with Crippen LogP contribution < -0.4 is 5.32 Å². The molecule has 0 amide bonds. The Morgan fingerprint density at radius 3 is 2.62 bits per heavy atom. The second kappa shape index (κ2) is 11.4. The van der Waals surface area contributed by atoms with Gasteiger partial charge in [0.15, 0.2) is 0 Å². The Morgan fingerprint density at radius 1 is 1.12 bits per heavy atom. The van der Waals surface area contributed by atoms with Crippen LogP contribution in [0.1, 0.15) is 102 Å². The zero-order chi connectivity index (χ0) is 29.6. The van der Waals surface area contributed by atoms with Gasteiger partial charge < -0.3 is 5.32 Å². The van der Waals surface area contributed by atoms with Crippen LogP contribution in [0.5, 0.6) is 0 Å². The largest absolute Gasteiger partial charge is 0.379 e. The van der Waals surface area contributed by atoms with Crippen molar-refractivity contribution >= 4 is 11.9 Å². The van der Waals surface area contributed by atoms with E-state index in [1.165, 1.54) is 30.6 Å². The molecule has 1 N–H and O–H groups in total. The number of fused-ring (bicyclic) bond motifs is 4. The topological polar surface area (TPSA) is 24.4 Å². The van der Waals surface area contributed by atoms with Crippen molar-refractivity contribution in [3.63, 3.8) is 0 Å². The summed E-state index contributed by atoms with van der Waals surface area (Å²) in [6.45, 7) is 14.7. The van der Waals surface area contributed by atoms with Crippen molar-refractivity contribution in [3.05, 3.63) is 88.7 Å². The molecule has 224 valence electrons. The van der Waals surface area contributed by atoms with Crippen LogP contribution in [-0.2, 0) is 0 Å². The fourth-order valence-corrected chi connectivity index (χ4v) is 9.18. The Kier molecular flexibility index (Phi) is 7.96. The quantitative estimate of drug-likeness (QED) is 0.330. The third-order valence-electron chi connectivity index (χ3n) is 11.1. The average Bonchev–Trinajstić information content (AvgIpc) is 3.32. The fraction of sp³-hybridized carbons (Fsp3) is 0.553. The van der Waals surface area contributed by atoms with Gasteiger partial charge in [-0.25, -0.2) is 8.78 Å². The van der Waals surface area contributed by atoms with Gasteiger partial charge in [-0.05, 0) is 117 Å². The summed E-state index contributed by atoms with van der Waals surface area (Å²) in [5, 5.41) is 3.45. The summed E-state index contributed by atoms with van der Waals surface area (Å²) in [6.07, 6.45) is 14.6. The Balaban J connectivity index is 1.32. The number of hydrogen-bond donors (Lipinski definition) is 1. The fourth-order valence-electron chi connectivity index (χ4n) is 9.18. The van der Waals surface area contributed by atoms with Crippen LogP contribution in [0.25, 0.3) is 5.70 Å². The smallest absolute Gasteiger partial charge is 0.108 e. The maximum Gasteiger partial charge on any atom is 0.108 e. The molecule has 2 unspecified atom stereocenters. The summed E-state index contributed by atoms with van der Waals surface area (Å²) in [5.41, 5.74) is 8.64. The van der Waals surface area contributed by atoms with Gasteiger partial charge in [-0.1, -0.05) is 67.6 Å². The molecule has 1 aliphatic heterocycles. The normalized spacial score (nSPS) is 31.5. The molecule has 6 atom stereocenters. The van der Waals surface area contributed by atoms with Crippen LogP contribution in [0, 0.1) is 23.2 Å². The molecule has 6 rings (SSSR count). The second-order valence-electron chi connectivity index (χ2n) is 14.4. The van der Waals surface area contributed by atoms with Crippen molar-refractivity contribution in [2.24, 2.45) is 28.2 Å². The number of rotatable bonds is 8. The number of benzene rings is 1. The zero-order valence-electron chi connectivity index (χ0n) is 25.8. The van der Waals surface area contributed by atoms with Crippen molar-refractivity contribution in [2.75, 3.05) is 6.54 Å². The van der Waals surface area contributed by atoms with E-state index in [1.807, 2.05) is 6.21 Å². The molecular formula is C38H48F2N2. The molecule has 0 bridgehead atoms. The van der Waals surface area contributed by atoms with Gasteiger partial charge in [0, 0.05) is 24.3 Å². The van der Waals surface area contributed by atoms with E-state index >= 15 is 4.39 Å². The molecule has 42 heavy (non-hydrogen) atoms. The van der Waals surface area contributed by atoms with Crippen LogP contribution in [0.2, 0.25) is 0 Å². The Morgan fingerprint density at radius 2 is 1.90 bits per heavy atom. The van der Waals surface area contributed by atoms with E-state index in [1.54, 1.807) is 11.1 Å². The first kappa shape index (κ1) is 29.3. The monoisotopic (exact) mass is 570 g/mol. The SMILES string of the molecule is C=C1C=C2CC[C@@H]3C(=C2CC1)[C@@H](c1ccc(C(=C)NCC2=CCCC=N2)cc1)C[C@@]1(C)C3CC[C@@H]1C(F)CC(C)(C)F. The summed E-state index contributed by atoms with van der Waals surface area (Å²) in [6, 6.07) is 8.94. The van der Waals surface area contributed by atoms with E-state index in [0.29, 0.717) is 18.4 Å². The van der Waals surface area contributed by atoms with Crippen LogP contribution in [0.4, 0.5) is 8.78 Å². The van der Waals surface area contributed by atoms with Gasteiger partial charge in [0.25, 0.3) is 0 Å². The highest BCUT2D eigenvalue weighted by Crippen LogP contribution is 2.66. The molecule has 1 heterocycles. The first-order valence-corrected chi connectivity index (χ1v) is 16.2. The molecule has 0 spiro atoms. The Labute approximate surface area is 251 Å². The van der Waals surface area contributed by atoms with E-state index < -0.39 is 11.8 Å². The third-order valence-corrected chi connectivity index (χ3v) is 11.1. The predicted octanol–water partition coefficient (Wildman–Crippen LogP) is 9.97. The van der Waals surface area contributed by atoms with Crippen LogP contribution in [-0.4, -0.2) is 24.6 Å². The first-order chi connectivity index (χ1) is 20.0. The molecule has 4 heteroatoms. The highest BCUT2D eigenvalue weighted by Gasteiger charge is 2.58. The average molecular weight is 571 g/mol. The van der Waals surface area contributed by atoms with Gasteiger partial charge >= 0.3 is 0 Å². The Bertz CT molecular complexity index is 1350. The molecule has 1 aromatic rings. The number of nitrogens with zero attached hydrogens (tertiary/aromatic N) is 1. The minimum atomic E-state index is -1.49. The molecular weight excluding hydrogens is 522 g/mol. The lowest BCUT2D eigenvalue weighted by atomic mass is 9.51. The van der Waals surface area contributed by atoms with Gasteiger partial charge in [0.05, 0.1) is 12.2 Å². The molecule has 2 saturated carbocycles. The summed E-state index contributed by atoms with van der Waals surface area (Å²) in [4.78, 5) is 4.49. The van der Waals surface area contributed by atoms with Gasteiger partial charge in [0.2, 0.25) is 0 Å². The number of halogens is 2. The van der Waals surface area contributed by atoms with E-state index in [-0.39, 0.29) is 23.7 Å². The van der Waals surface area contributed by atoms with Gasteiger partial charge in [0.1, 0.15) is 11.8 Å². The van der Waals surface area contributed by atoms with Crippen LogP contribution in [0.15, 0.2) is 82.6 Å². The lowest BCUT2D eigenvalue weighted by Crippen LogP contribution is -2.45. The minimum Gasteiger partial charge on any atom is -0.379 e. The van der Waals surface area contributed by atoms with Crippen molar-refractivity contribution < 1.29 is 8.78 Å². The third kappa shape index (κ3) is 5.63. The molecule has 2 nitrogen and oxygen atoms in total. The van der Waals surface area contributed by atoms with Crippen molar-refractivity contribution in [1.82, 2.24) is 5.32 Å². The lowest BCUT2D eigenvalue weighted by Gasteiger charge is -2.53. The van der Waals surface area contributed by atoms with Gasteiger partial charge in [-0.2, -0.15) is 0 Å². The number of allylic oxidation sites excluding steroid dienone is 6. The molecule has 0 aromatic heterocycles. The summed E-state index contributed by atoms with van der Waals surface area (Å²) in [5.74, 6) is 1.11. The minimum absolute atomic E-state index is 0.00965. The van der Waals surface area contributed by atoms with Crippen LogP contribution >= 0.6 is 0 Å². The number of hydrogen-bond acceptors (Lipinski definition) is 2. The molecule has 1 aromatic carbocycles. The zero-order valence-corrected chi connectivity index (χ0v) is 25.8. The first-order valence-electron chi connectivity index (χ1n) is 16.2. The van der Waals surface area contributed by atoms with Crippen molar-refractivity contribution in [1.29, 1.82) is 0 Å². The second-order valence-corrected chi connectivity index (χ2v) is 14.4. The van der Waals surface area contributed by atoms with E-state index in [4.69, 9.17) is 0 Å². The molecule has 4 aliphatic carbocycles. The van der Waals surface area contributed by atoms with E-state index in [2.05, 4.69) is 66.8 Å². The number of nitrogens with one attached hydrogen (secondary N) is 1. The van der Waals surface area contributed by atoms with Crippen molar-refractivity contribution in [3.8, 4) is 0 Å².